The van der Waals surface area contributed by atoms with Gasteiger partial charge in [-0.1, -0.05) is 35.6 Å². The molecule has 9 heteroatoms. The Hall–Kier alpha value is -3.59. The average Bonchev–Trinajstić information content (AvgIpc) is 3.05. The third kappa shape index (κ3) is 3.67. The molecule has 30 heavy (non-hydrogen) atoms. The number of amides is 1. The van der Waals surface area contributed by atoms with E-state index in [1.165, 1.54) is 22.8 Å². The van der Waals surface area contributed by atoms with Crippen molar-refractivity contribution < 1.29 is 23.1 Å². The maximum atomic E-state index is 14.4. The van der Waals surface area contributed by atoms with E-state index in [1.54, 1.807) is 37.3 Å². The molecule has 2 aromatic carbocycles. The Morgan fingerprint density at radius 2 is 2.00 bits per heavy atom. The molecule has 0 aliphatic rings. The molecule has 2 heterocycles. The van der Waals surface area contributed by atoms with E-state index < -0.39 is 23.3 Å². The largest absolute Gasteiger partial charge is 0.465 e. The number of thiazole rings is 1. The number of aromatic nitrogens is 1. The van der Waals surface area contributed by atoms with Gasteiger partial charge in [-0.05, 0) is 31.2 Å². The minimum Gasteiger partial charge on any atom is -0.465 e. The molecule has 7 nitrogen and oxygen atoms in total. The number of carbonyl (C=O) groups excluding carboxylic acids is 2. The molecule has 0 spiro atoms. The van der Waals surface area contributed by atoms with Crippen LogP contribution in [0.2, 0.25) is 0 Å². The summed E-state index contributed by atoms with van der Waals surface area (Å²) in [5.41, 5.74) is -0.603. The average molecular weight is 426 g/mol. The fourth-order valence-corrected chi connectivity index (χ4v) is 4.05. The van der Waals surface area contributed by atoms with Crippen LogP contribution in [-0.2, 0) is 16.1 Å². The molecule has 4 aromatic rings. The minimum atomic E-state index is -0.848. The number of ether oxygens (including phenoxy) is 1. The monoisotopic (exact) mass is 426 g/mol. The van der Waals surface area contributed by atoms with Gasteiger partial charge in [0.1, 0.15) is 23.5 Å². The fourth-order valence-electron chi connectivity index (χ4n) is 3.01. The Labute approximate surface area is 172 Å². The maximum Gasteiger partial charge on any atom is 0.349 e. The number of para-hydroxylation sites is 2. The topological polar surface area (TPSA) is 90.9 Å². The van der Waals surface area contributed by atoms with E-state index in [2.05, 4.69) is 4.99 Å². The molecular formula is C21H15FN2O5S. The first-order valence-electron chi connectivity index (χ1n) is 9.03. The maximum absolute atomic E-state index is 14.4. The Balaban J connectivity index is 1.87. The van der Waals surface area contributed by atoms with Gasteiger partial charge in [0.2, 0.25) is 0 Å². The third-order valence-corrected chi connectivity index (χ3v) is 5.36. The van der Waals surface area contributed by atoms with Crippen LogP contribution in [0.5, 0.6) is 0 Å². The van der Waals surface area contributed by atoms with Crippen molar-refractivity contribution in [2.75, 3.05) is 6.61 Å². The van der Waals surface area contributed by atoms with Crippen molar-refractivity contribution in [2.45, 2.75) is 13.5 Å². The lowest BCUT2D eigenvalue weighted by Crippen LogP contribution is -2.24. The molecule has 1 amide bonds. The van der Waals surface area contributed by atoms with Gasteiger partial charge in [-0.3, -0.25) is 9.59 Å². The van der Waals surface area contributed by atoms with Crippen LogP contribution in [0.1, 0.15) is 17.3 Å². The van der Waals surface area contributed by atoms with Crippen molar-refractivity contribution in [3.05, 3.63) is 75.1 Å². The molecule has 0 saturated heterocycles. The van der Waals surface area contributed by atoms with Crippen molar-refractivity contribution >= 4 is 44.4 Å². The van der Waals surface area contributed by atoms with E-state index in [-0.39, 0.29) is 29.0 Å². The van der Waals surface area contributed by atoms with E-state index in [0.29, 0.717) is 15.7 Å². The summed E-state index contributed by atoms with van der Waals surface area (Å²) in [4.78, 5) is 41.1. The second kappa shape index (κ2) is 8.03. The zero-order valence-corrected chi connectivity index (χ0v) is 16.6. The lowest BCUT2D eigenvalue weighted by atomic mass is 10.2. The Kier molecular flexibility index (Phi) is 5.28. The van der Waals surface area contributed by atoms with E-state index in [0.717, 1.165) is 11.3 Å². The Morgan fingerprint density at radius 1 is 1.20 bits per heavy atom. The first-order valence-corrected chi connectivity index (χ1v) is 9.85. The third-order valence-electron chi connectivity index (χ3n) is 4.31. The highest BCUT2D eigenvalue weighted by Crippen LogP contribution is 2.21. The molecular weight excluding hydrogens is 411 g/mol. The van der Waals surface area contributed by atoms with Crippen LogP contribution in [0.3, 0.4) is 0 Å². The fraction of sp³-hybridized carbons (Fsp3) is 0.143. The molecule has 0 aliphatic heterocycles. The van der Waals surface area contributed by atoms with E-state index in [4.69, 9.17) is 9.15 Å². The van der Waals surface area contributed by atoms with Gasteiger partial charge in [0, 0.05) is 5.39 Å². The van der Waals surface area contributed by atoms with Gasteiger partial charge in [-0.15, -0.1) is 0 Å². The summed E-state index contributed by atoms with van der Waals surface area (Å²) in [5, 5.41) is 0.567. The van der Waals surface area contributed by atoms with Crippen molar-refractivity contribution in [1.82, 2.24) is 4.57 Å². The molecule has 2 aromatic heterocycles. The molecule has 0 N–H and O–H groups in total. The van der Waals surface area contributed by atoms with Crippen LogP contribution >= 0.6 is 11.3 Å². The van der Waals surface area contributed by atoms with Crippen LogP contribution in [0, 0.1) is 5.82 Å². The molecule has 0 atom stereocenters. The van der Waals surface area contributed by atoms with Crippen molar-refractivity contribution in [3.63, 3.8) is 0 Å². The Bertz CT molecular complexity index is 1420. The van der Waals surface area contributed by atoms with Gasteiger partial charge in [0.05, 0.1) is 16.8 Å². The first-order chi connectivity index (χ1) is 14.5. The predicted octanol–water partition coefficient (Wildman–Crippen LogP) is 3.25. The lowest BCUT2D eigenvalue weighted by Gasteiger charge is -2.05. The number of halogens is 1. The smallest absolute Gasteiger partial charge is 0.349 e. The van der Waals surface area contributed by atoms with Crippen LogP contribution < -0.4 is 10.4 Å². The Morgan fingerprint density at radius 3 is 2.80 bits per heavy atom. The quantitative estimate of drug-likeness (QED) is 0.369. The molecule has 0 fully saturated rings. The summed E-state index contributed by atoms with van der Waals surface area (Å²) in [6, 6.07) is 12.6. The van der Waals surface area contributed by atoms with Gasteiger partial charge < -0.3 is 13.7 Å². The number of hydrogen-bond acceptors (Lipinski definition) is 6. The zero-order valence-electron chi connectivity index (χ0n) is 15.8. The highest BCUT2D eigenvalue weighted by molar-refractivity contribution is 7.16. The molecule has 0 aliphatic carbocycles. The molecule has 0 radical (unpaired) electrons. The summed E-state index contributed by atoms with van der Waals surface area (Å²) in [6.07, 6.45) is 0. The summed E-state index contributed by atoms with van der Waals surface area (Å²) in [5.74, 6) is -2.01. The van der Waals surface area contributed by atoms with Crippen molar-refractivity contribution in [3.8, 4) is 0 Å². The summed E-state index contributed by atoms with van der Waals surface area (Å²) in [7, 11) is 0. The van der Waals surface area contributed by atoms with E-state index in [9.17, 15) is 18.8 Å². The SMILES string of the molecule is CCOC(=O)Cn1c(=NC(=O)c2cc3ccccc3oc2=O)sc2cccc(F)c21. The van der Waals surface area contributed by atoms with Crippen LogP contribution in [-0.4, -0.2) is 23.1 Å². The number of nitrogens with zero attached hydrogens (tertiary/aromatic N) is 2. The molecule has 0 saturated carbocycles. The number of hydrogen-bond donors (Lipinski definition) is 0. The number of benzene rings is 2. The van der Waals surface area contributed by atoms with Crippen molar-refractivity contribution in [2.24, 2.45) is 4.99 Å². The normalized spacial score (nSPS) is 11.9. The number of fused-ring (bicyclic) bond motifs is 2. The van der Waals surface area contributed by atoms with Gasteiger partial charge in [-0.25, -0.2) is 9.18 Å². The van der Waals surface area contributed by atoms with Gasteiger partial charge in [-0.2, -0.15) is 4.99 Å². The first kappa shape index (κ1) is 19.7. The zero-order chi connectivity index (χ0) is 21.3. The minimum absolute atomic E-state index is 0.0701. The molecule has 4 rings (SSSR count). The van der Waals surface area contributed by atoms with Crippen LogP contribution in [0.4, 0.5) is 4.39 Å². The standard InChI is InChI=1S/C21H15FN2O5S/c1-2-28-17(25)11-24-18-14(22)7-5-9-16(18)30-21(24)23-19(26)13-10-12-6-3-4-8-15(12)29-20(13)27/h3-10H,2,11H2,1H3. The van der Waals surface area contributed by atoms with E-state index in [1.807, 2.05) is 0 Å². The summed E-state index contributed by atoms with van der Waals surface area (Å²) in [6.45, 7) is 1.49. The van der Waals surface area contributed by atoms with Gasteiger partial charge >= 0.3 is 11.6 Å². The number of carbonyl (C=O) groups is 2. The van der Waals surface area contributed by atoms with Crippen LogP contribution in [0.25, 0.3) is 21.2 Å². The molecule has 0 bridgehead atoms. The summed E-state index contributed by atoms with van der Waals surface area (Å²) >= 11 is 1.03. The molecule has 152 valence electrons. The highest BCUT2D eigenvalue weighted by Gasteiger charge is 2.17. The summed E-state index contributed by atoms with van der Waals surface area (Å²) < 4.78 is 26.3. The predicted molar refractivity (Wildman–Crippen MR) is 109 cm³/mol. The highest BCUT2D eigenvalue weighted by atomic mass is 32.1. The number of rotatable bonds is 4. The van der Waals surface area contributed by atoms with Gasteiger partial charge in [0.15, 0.2) is 4.80 Å². The number of esters is 1. The van der Waals surface area contributed by atoms with Gasteiger partial charge in [0.25, 0.3) is 5.91 Å². The second-order valence-electron chi connectivity index (χ2n) is 6.26. The lowest BCUT2D eigenvalue weighted by molar-refractivity contribution is -0.143. The second-order valence-corrected chi connectivity index (χ2v) is 7.27. The van der Waals surface area contributed by atoms with E-state index >= 15 is 0 Å². The van der Waals surface area contributed by atoms with Crippen molar-refractivity contribution in [1.29, 1.82) is 0 Å². The molecule has 0 unspecified atom stereocenters. The van der Waals surface area contributed by atoms with Crippen LogP contribution in [0.15, 0.2) is 62.7 Å².